The zero-order chi connectivity index (χ0) is 27.5. The molecule has 0 bridgehead atoms. The minimum absolute atomic E-state index is 0.0855. The number of halogens is 1. The molecule has 9 heteroatoms. The van der Waals surface area contributed by atoms with E-state index in [1.807, 2.05) is 29.0 Å². The Bertz CT molecular complexity index is 1350. The van der Waals surface area contributed by atoms with Crippen LogP contribution in [0.1, 0.15) is 81.4 Å². The minimum atomic E-state index is -3.90. The number of rotatable bonds is 11. The molecular formula is C29H35FN2O5S. The Labute approximate surface area is 223 Å². The van der Waals surface area contributed by atoms with Gasteiger partial charge in [-0.05, 0) is 54.9 Å². The van der Waals surface area contributed by atoms with Gasteiger partial charge in [-0.2, -0.15) is 0 Å². The fourth-order valence-corrected chi connectivity index (χ4v) is 5.37. The van der Waals surface area contributed by atoms with Crippen LogP contribution < -0.4 is 14.8 Å². The maximum atomic E-state index is 15.4. The summed E-state index contributed by atoms with van der Waals surface area (Å²) in [6.07, 6.45) is 7.37. The number of nitrogens with one attached hydrogen (secondary N) is 2. The van der Waals surface area contributed by atoms with Crippen LogP contribution in [0.25, 0.3) is 5.57 Å². The van der Waals surface area contributed by atoms with Gasteiger partial charge >= 0.3 is 0 Å². The van der Waals surface area contributed by atoms with Gasteiger partial charge in [-0.3, -0.25) is 9.59 Å². The SMILES string of the molecule is CCCCCCOc1ccc([C@]2(C)CC(c3ccc(C4CC4)cc3)=C(C(=O)NS(C)(=O)=O)C(=O)N2)c(F)c1. The summed E-state index contributed by atoms with van der Waals surface area (Å²) in [7, 11) is -3.90. The highest BCUT2D eigenvalue weighted by Crippen LogP contribution is 2.43. The van der Waals surface area contributed by atoms with E-state index in [4.69, 9.17) is 4.74 Å². The van der Waals surface area contributed by atoms with Crippen molar-refractivity contribution >= 4 is 27.4 Å². The standard InChI is InChI=1S/C29H35FN2O5S/c1-4-5-6-7-16-37-22-14-15-24(25(30)17-22)29(2)18-23(21-12-10-20(11-13-21)19-8-9-19)26(27(33)31-29)28(34)32-38(3,35)36/h10-15,17,19H,4-9,16,18H2,1-3H3,(H,31,33)(H,32,34)/t29-/m0/s1. The lowest BCUT2D eigenvalue weighted by atomic mass is 9.78. The third kappa shape index (κ3) is 6.62. The Balaban J connectivity index is 1.65. The molecule has 0 aromatic heterocycles. The van der Waals surface area contributed by atoms with Crippen molar-refractivity contribution in [3.63, 3.8) is 0 Å². The Hall–Kier alpha value is -3.20. The smallest absolute Gasteiger partial charge is 0.270 e. The van der Waals surface area contributed by atoms with Crippen LogP contribution in [0.5, 0.6) is 5.75 Å². The second kappa shape index (κ2) is 11.3. The molecule has 2 amide bonds. The van der Waals surface area contributed by atoms with Crippen molar-refractivity contribution < 1.29 is 27.1 Å². The van der Waals surface area contributed by atoms with Crippen LogP contribution in [0.15, 0.2) is 48.0 Å². The number of carbonyl (C=O) groups is 2. The van der Waals surface area contributed by atoms with Crippen LogP contribution in [-0.4, -0.2) is 33.1 Å². The molecule has 2 aliphatic rings. The van der Waals surface area contributed by atoms with Crippen molar-refractivity contribution in [3.05, 3.63) is 70.5 Å². The fourth-order valence-electron chi connectivity index (χ4n) is 4.93. The molecule has 1 aliphatic carbocycles. The molecule has 0 unspecified atom stereocenters. The van der Waals surface area contributed by atoms with Crippen LogP contribution in [-0.2, 0) is 25.2 Å². The zero-order valence-corrected chi connectivity index (χ0v) is 22.9. The summed E-state index contributed by atoms with van der Waals surface area (Å²) in [5.74, 6) is -1.38. The van der Waals surface area contributed by atoms with Gasteiger partial charge < -0.3 is 10.1 Å². The summed E-state index contributed by atoms with van der Waals surface area (Å²) in [5, 5.41) is 2.76. The topological polar surface area (TPSA) is 102 Å². The summed E-state index contributed by atoms with van der Waals surface area (Å²) in [6, 6.07) is 12.2. The highest BCUT2D eigenvalue weighted by Gasteiger charge is 2.41. The van der Waals surface area contributed by atoms with Crippen molar-refractivity contribution in [1.82, 2.24) is 10.0 Å². The second-order valence-corrected chi connectivity index (χ2v) is 12.2. The van der Waals surface area contributed by atoms with Crippen LogP contribution in [0.3, 0.4) is 0 Å². The number of benzene rings is 2. The number of hydrogen-bond donors (Lipinski definition) is 2. The summed E-state index contributed by atoms with van der Waals surface area (Å²) >= 11 is 0. The first kappa shape index (κ1) is 27.8. The first-order valence-electron chi connectivity index (χ1n) is 13.1. The molecule has 2 aromatic rings. The molecule has 2 N–H and O–H groups in total. The first-order chi connectivity index (χ1) is 18.0. The maximum absolute atomic E-state index is 15.4. The van der Waals surface area contributed by atoms with E-state index < -0.39 is 33.2 Å². The van der Waals surface area contributed by atoms with Gasteiger partial charge in [0.25, 0.3) is 11.8 Å². The quantitative estimate of drug-likeness (QED) is 0.310. The number of sulfonamides is 1. The number of unbranched alkanes of at least 4 members (excludes halogenated alkanes) is 3. The Morgan fingerprint density at radius 3 is 2.45 bits per heavy atom. The summed E-state index contributed by atoms with van der Waals surface area (Å²) in [4.78, 5) is 26.2. The van der Waals surface area contributed by atoms with Gasteiger partial charge in [0.1, 0.15) is 17.1 Å². The lowest BCUT2D eigenvalue weighted by molar-refractivity contribution is -0.124. The van der Waals surface area contributed by atoms with Gasteiger partial charge in [0, 0.05) is 18.1 Å². The largest absolute Gasteiger partial charge is 0.493 e. The van der Waals surface area contributed by atoms with Crippen molar-refractivity contribution in [3.8, 4) is 5.75 Å². The van der Waals surface area contributed by atoms with Crippen molar-refractivity contribution in [2.75, 3.05) is 12.9 Å². The highest BCUT2D eigenvalue weighted by atomic mass is 32.2. The predicted molar refractivity (Wildman–Crippen MR) is 144 cm³/mol. The number of amides is 2. The zero-order valence-electron chi connectivity index (χ0n) is 22.1. The number of ether oxygens (including phenoxy) is 1. The molecule has 1 atom stereocenters. The van der Waals surface area contributed by atoms with E-state index in [0.717, 1.165) is 44.8 Å². The van der Waals surface area contributed by atoms with Gasteiger partial charge in [0.05, 0.1) is 18.4 Å². The Kier molecular flexibility index (Phi) is 8.25. The van der Waals surface area contributed by atoms with Crippen LogP contribution in [0.4, 0.5) is 4.39 Å². The van der Waals surface area contributed by atoms with Crippen molar-refractivity contribution in [2.24, 2.45) is 0 Å². The van der Waals surface area contributed by atoms with E-state index >= 15 is 4.39 Å². The summed E-state index contributed by atoms with van der Waals surface area (Å²) in [5.41, 5.74) is 0.923. The highest BCUT2D eigenvalue weighted by molar-refractivity contribution is 7.89. The summed E-state index contributed by atoms with van der Waals surface area (Å²) in [6.45, 7) is 4.32. The van der Waals surface area contributed by atoms with Gasteiger partial charge in [-0.25, -0.2) is 17.5 Å². The summed E-state index contributed by atoms with van der Waals surface area (Å²) < 4.78 is 46.5. The van der Waals surface area contributed by atoms with E-state index in [1.54, 1.807) is 19.1 Å². The van der Waals surface area contributed by atoms with E-state index in [1.165, 1.54) is 11.6 Å². The van der Waals surface area contributed by atoms with E-state index in [-0.39, 0.29) is 17.6 Å². The molecule has 7 nitrogen and oxygen atoms in total. The molecular weight excluding hydrogens is 507 g/mol. The third-order valence-corrected chi connectivity index (χ3v) is 7.62. The molecule has 0 radical (unpaired) electrons. The third-order valence-electron chi connectivity index (χ3n) is 7.06. The minimum Gasteiger partial charge on any atom is -0.493 e. The monoisotopic (exact) mass is 542 g/mol. The van der Waals surface area contributed by atoms with Crippen LogP contribution in [0, 0.1) is 5.82 Å². The molecule has 1 saturated carbocycles. The lowest BCUT2D eigenvalue weighted by Gasteiger charge is -2.37. The van der Waals surface area contributed by atoms with E-state index in [9.17, 15) is 18.0 Å². The molecule has 0 spiro atoms. The first-order valence-corrected chi connectivity index (χ1v) is 15.0. The van der Waals surface area contributed by atoms with Gasteiger partial charge in [-0.1, -0.05) is 56.5 Å². The second-order valence-electron chi connectivity index (χ2n) is 10.5. The molecule has 204 valence electrons. The molecule has 1 aliphatic heterocycles. The van der Waals surface area contributed by atoms with E-state index in [2.05, 4.69) is 12.2 Å². The van der Waals surface area contributed by atoms with Crippen molar-refractivity contribution in [2.45, 2.75) is 70.3 Å². The van der Waals surface area contributed by atoms with Crippen LogP contribution in [0.2, 0.25) is 0 Å². The molecule has 38 heavy (non-hydrogen) atoms. The molecule has 1 fully saturated rings. The lowest BCUT2D eigenvalue weighted by Crippen LogP contribution is -2.51. The predicted octanol–water partition coefficient (Wildman–Crippen LogP) is 4.93. The number of carbonyl (C=O) groups excluding carboxylic acids is 2. The molecule has 2 aromatic carbocycles. The normalized spacial score (nSPS) is 19.7. The fraction of sp³-hybridized carbons (Fsp3) is 0.448. The van der Waals surface area contributed by atoms with Gasteiger partial charge in [0.2, 0.25) is 10.0 Å². The molecule has 4 rings (SSSR count). The van der Waals surface area contributed by atoms with Crippen LogP contribution >= 0.6 is 0 Å². The Morgan fingerprint density at radius 2 is 1.84 bits per heavy atom. The van der Waals surface area contributed by atoms with E-state index in [0.29, 0.717) is 29.4 Å². The average molecular weight is 543 g/mol. The molecule has 1 heterocycles. The average Bonchev–Trinajstić information content (AvgIpc) is 3.68. The number of hydrogen-bond acceptors (Lipinski definition) is 5. The van der Waals surface area contributed by atoms with Gasteiger partial charge in [-0.15, -0.1) is 0 Å². The maximum Gasteiger partial charge on any atom is 0.270 e. The van der Waals surface area contributed by atoms with Crippen molar-refractivity contribution in [1.29, 1.82) is 0 Å². The Morgan fingerprint density at radius 1 is 1.13 bits per heavy atom. The molecule has 0 saturated heterocycles. The van der Waals surface area contributed by atoms with Gasteiger partial charge in [0.15, 0.2) is 0 Å².